The van der Waals surface area contributed by atoms with E-state index >= 15 is 0 Å². The second-order valence-corrected chi connectivity index (χ2v) is 9.53. The molecule has 1 aliphatic heterocycles. The van der Waals surface area contributed by atoms with Crippen molar-refractivity contribution >= 4 is 27.5 Å². The molecule has 2 aromatic carbocycles. The Morgan fingerprint density at radius 2 is 1.56 bits per heavy atom. The maximum atomic E-state index is 13.2. The van der Waals surface area contributed by atoms with Crippen molar-refractivity contribution in [3.05, 3.63) is 65.2 Å². The summed E-state index contributed by atoms with van der Waals surface area (Å²) >= 11 is 0. The monoisotopic (exact) mass is 470 g/mol. The quantitative estimate of drug-likeness (QED) is 0.404. The number of benzene rings is 2. The molecule has 0 atom stereocenters. The van der Waals surface area contributed by atoms with Gasteiger partial charge in [0.25, 0.3) is 5.91 Å². The topological polar surface area (TPSA) is 113 Å². The second-order valence-electron chi connectivity index (χ2n) is 7.22. The van der Waals surface area contributed by atoms with Crippen LogP contribution in [0.3, 0.4) is 0 Å². The van der Waals surface area contributed by atoms with E-state index in [2.05, 4.69) is 0 Å². The zero-order valence-corrected chi connectivity index (χ0v) is 17.6. The van der Waals surface area contributed by atoms with Crippen LogP contribution in [0.5, 0.6) is 0 Å². The molecule has 1 heterocycles. The molecule has 0 aliphatic carbocycles. The van der Waals surface area contributed by atoms with Gasteiger partial charge in [-0.3, -0.25) is 15.1 Å². The number of hydrazine groups is 1. The molecule has 0 saturated carbocycles. The van der Waals surface area contributed by atoms with Crippen LogP contribution in [0.25, 0.3) is 0 Å². The lowest BCUT2D eigenvalue weighted by atomic mass is 10.1. The predicted octanol–water partition coefficient (Wildman–Crippen LogP) is 2.17. The number of rotatable bonds is 4. The van der Waals surface area contributed by atoms with Gasteiger partial charge in [-0.05, 0) is 42.0 Å². The number of urea groups is 1. The molecule has 0 unspecified atom stereocenters. The van der Waals surface area contributed by atoms with Crippen molar-refractivity contribution in [1.82, 2.24) is 10.3 Å². The van der Waals surface area contributed by atoms with Gasteiger partial charge in [0.05, 0.1) is 23.6 Å². The summed E-state index contributed by atoms with van der Waals surface area (Å²) in [6, 6.07) is 9.81. The maximum absolute atomic E-state index is 13.2. The Bertz CT molecular complexity index is 1070. The Balaban J connectivity index is 1.88. The molecule has 0 aromatic heterocycles. The summed E-state index contributed by atoms with van der Waals surface area (Å²) in [5, 5.41) is 0. The molecule has 12 heteroatoms. The summed E-state index contributed by atoms with van der Waals surface area (Å²) in [5.41, 5.74) is 2.28. The highest BCUT2D eigenvalue weighted by Crippen LogP contribution is 2.31. The smallest absolute Gasteiger partial charge is 0.322 e. The van der Waals surface area contributed by atoms with Crippen molar-refractivity contribution in [3.63, 3.8) is 0 Å². The van der Waals surface area contributed by atoms with Crippen molar-refractivity contribution in [2.75, 3.05) is 29.5 Å². The molecule has 172 valence electrons. The van der Waals surface area contributed by atoms with Gasteiger partial charge in [0.15, 0.2) is 9.84 Å². The highest BCUT2D eigenvalue weighted by atomic mass is 32.2. The van der Waals surface area contributed by atoms with Gasteiger partial charge in [-0.1, -0.05) is 12.1 Å². The van der Waals surface area contributed by atoms with Crippen LogP contribution in [-0.2, 0) is 22.6 Å². The fourth-order valence-electron chi connectivity index (χ4n) is 3.20. The van der Waals surface area contributed by atoms with Crippen molar-refractivity contribution in [2.45, 2.75) is 12.7 Å². The molecule has 32 heavy (non-hydrogen) atoms. The van der Waals surface area contributed by atoms with Crippen LogP contribution in [0.4, 0.5) is 23.7 Å². The van der Waals surface area contributed by atoms with E-state index < -0.39 is 33.5 Å². The standard InChI is InChI=1S/C20H21F3N4O4S/c21-20(22,23)16-5-7-17(8-6-16)27(19(29)26-9-11-32(30,31)12-10-26)13-14-1-3-15(4-2-14)18(28)25-24/h1-8H,9-13,24H2,(H,25,28). The average molecular weight is 470 g/mol. The number of amides is 3. The second kappa shape index (κ2) is 9.17. The molecule has 0 spiro atoms. The lowest BCUT2D eigenvalue weighted by Crippen LogP contribution is -2.49. The first-order valence-electron chi connectivity index (χ1n) is 9.54. The molecule has 8 nitrogen and oxygen atoms in total. The molecule has 3 rings (SSSR count). The highest BCUT2D eigenvalue weighted by molar-refractivity contribution is 7.91. The fraction of sp³-hybridized carbons (Fsp3) is 0.300. The average Bonchev–Trinajstić information content (AvgIpc) is 2.76. The molecule has 0 bridgehead atoms. The molecule has 3 N–H and O–H groups in total. The molecular formula is C20H21F3N4O4S. The summed E-state index contributed by atoms with van der Waals surface area (Å²) in [6.07, 6.45) is -4.52. The molecule has 1 fully saturated rings. The molecule has 1 aliphatic rings. The van der Waals surface area contributed by atoms with Gasteiger partial charge in [-0.25, -0.2) is 19.1 Å². The number of carbonyl (C=O) groups is 2. The minimum absolute atomic E-state index is 0.00201. The van der Waals surface area contributed by atoms with Crippen LogP contribution in [0, 0.1) is 0 Å². The summed E-state index contributed by atoms with van der Waals surface area (Å²) in [6.45, 7) is -0.0141. The Morgan fingerprint density at radius 1 is 1.00 bits per heavy atom. The van der Waals surface area contributed by atoms with E-state index in [4.69, 9.17) is 5.84 Å². The summed E-state index contributed by atoms with van der Waals surface area (Å²) in [4.78, 5) is 27.4. The van der Waals surface area contributed by atoms with Gasteiger partial charge in [0, 0.05) is 24.3 Å². The van der Waals surface area contributed by atoms with Crippen molar-refractivity contribution in [1.29, 1.82) is 0 Å². The Hall–Kier alpha value is -3.12. The number of carbonyl (C=O) groups excluding carboxylic acids is 2. The first-order valence-corrected chi connectivity index (χ1v) is 11.4. The van der Waals surface area contributed by atoms with Crippen LogP contribution in [0.1, 0.15) is 21.5 Å². The number of anilines is 1. The number of hydrogen-bond acceptors (Lipinski definition) is 5. The lowest BCUT2D eigenvalue weighted by Gasteiger charge is -2.33. The van der Waals surface area contributed by atoms with Crippen molar-refractivity contribution in [3.8, 4) is 0 Å². The number of nitrogens with one attached hydrogen (secondary N) is 1. The van der Waals surface area contributed by atoms with Gasteiger partial charge < -0.3 is 4.90 Å². The van der Waals surface area contributed by atoms with E-state index in [0.717, 1.165) is 12.1 Å². The first kappa shape index (κ1) is 23.5. The van der Waals surface area contributed by atoms with E-state index in [1.165, 1.54) is 34.1 Å². The van der Waals surface area contributed by atoms with E-state index in [-0.39, 0.29) is 36.8 Å². The SMILES string of the molecule is NNC(=O)c1ccc(CN(C(=O)N2CCS(=O)(=O)CC2)c2ccc(C(F)(F)F)cc2)cc1. The predicted molar refractivity (Wildman–Crippen MR) is 111 cm³/mol. The maximum Gasteiger partial charge on any atom is 0.416 e. The first-order chi connectivity index (χ1) is 15.0. The Kier molecular flexibility index (Phi) is 6.74. The van der Waals surface area contributed by atoms with E-state index in [9.17, 15) is 31.2 Å². The Labute approximate surface area is 182 Å². The van der Waals surface area contributed by atoms with E-state index in [0.29, 0.717) is 11.1 Å². The van der Waals surface area contributed by atoms with Gasteiger partial charge in [-0.2, -0.15) is 13.2 Å². The van der Waals surface area contributed by atoms with Crippen LogP contribution < -0.4 is 16.2 Å². The summed E-state index contributed by atoms with van der Waals surface area (Å²) in [5.74, 6) is 4.25. The lowest BCUT2D eigenvalue weighted by molar-refractivity contribution is -0.137. The van der Waals surface area contributed by atoms with Crippen LogP contribution in [0.2, 0.25) is 0 Å². The zero-order valence-electron chi connectivity index (χ0n) is 16.8. The highest BCUT2D eigenvalue weighted by Gasteiger charge is 2.32. The zero-order chi connectivity index (χ0) is 23.5. The van der Waals surface area contributed by atoms with Gasteiger partial charge in [0.1, 0.15) is 0 Å². The van der Waals surface area contributed by atoms with Crippen molar-refractivity contribution in [2.24, 2.45) is 5.84 Å². The van der Waals surface area contributed by atoms with E-state index in [1.807, 2.05) is 5.43 Å². The fourth-order valence-corrected chi connectivity index (χ4v) is 4.40. The molecule has 3 amide bonds. The third-order valence-electron chi connectivity index (χ3n) is 5.04. The minimum atomic E-state index is -4.52. The number of nitrogens with zero attached hydrogens (tertiary/aromatic N) is 2. The number of alkyl halides is 3. The summed E-state index contributed by atoms with van der Waals surface area (Å²) in [7, 11) is -3.22. The largest absolute Gasteiger partial charge is 0.416 e. The van der Waals surface area contributed by atoms with Gasteiger partial charge in [0.2, 0.25) is 0 Å². The van der Waals surface area contributed by atoms with Gasteiger partial charge in [-0.15, -0.1) is 0 Å². The van der Waals surface area contributed by atoms with E-state index in [1.54, 1.807) is 12.1 Å². The van der Waals surface area contributed by atoms with Crippen LogP contribution in [-0.4, -0.2) is 49.9 Å². The number of sulfone groups is 1. The van der Waals surface area contributed by atoms with Gasteiger partial charge >= 0.3 is 12.2 Å². The van der Waals surface area contributed by atoms with Crippen molar-refractivity contribution < 1.29 is 31.2 Å². The molecular weight excluding hydrogens is 449 g/mol. The minimum Gasteiger partial charge on any atom is -0.322 e. The van der Waals surface area contributed by atoms with Crippen LogP contribution >= 0.6 is 0 Å². The summed E-state index contributed by atoms with van der Waals surface area (Å²) < 4.78 is 62.2. The molecule has 1 saturated heterocycles. The van der Waals surface area contributed by atoms with Crippen LogP contribution in [0.15, 0.2) is 48.5 Å². The third kappa shape index (κ3) is 5.56. The molecule has 0 radical (unpaired) electrons. The third-order valence-corrected chi connectivity index (χ3v) is 6.65. The number of hydrogen-bond donors (Lipinski definition) is 2. The number of nitrogen functional groups attached to an aromatic ring is 1. The number of nitrogens with two attached hydrogens (primary N) is 1. The number of halogens is 3. The Morgan fingerprint density at radius 3 is 2.06 bits per heavy atom. The molecule has 2 aromatic rings. The normalized spacial score (nSPS) is 15.8.